The summed E-state index contributed by atoms with van der Waals surface area (Å²) in [5, 5.41) is 9.31. The molecule has 6 nitrogen and oxygen atoms in total. The first-order valence-electron chi connectivity index (χ1n) is 14.0. The molecule has 1 saturated carbocycles. The lowest BCUT2D eigenvalue weighted by Gasteiger charge is -2.44. The summed E-state index contributed by atoms with van der Waals surface area (Å²) in [4.78, 5) is 26.1. The highest BCUT2D eigenvalue weighted by molar-refractivity contribution is 9.10. The van der Waals surface area contributed by atoms with E-state index < -0.39 is 78.2 Å². The maximum absolute atomic E-state index is 15.2. The lowest BCUT2D eigenvalue weighted by atomic mass is 9.76. The van der Waals surface area contributed by atoms with Crippen LogP contribution in [-0.4, -0.2) is 55.2 Å². The first-order chi connectivity index (χ1) is 20.8. The second-order valence-corrected chi connectivity index (χ2v) is 14.8. The van der Waals surface area contributed by atoms with E-state index in [0.29, 0.717) is 6.07 Å². The lowest BCUT2D eigenvalue weighted by molar-refractivity contribution is -0.349. The minimum absolute atomic E-state index is 0.139. The van der Waals surface area contributed by atoms with Gasteiger partial charge in [-0.25, -0.2) is 17.2 Å². The summed E-state index contributed by atoms with van der Waals surface area (Å²) in [7, 11) is -4.63. The fourth-order valence-corrected chi connectivity index (χ4v) is 10.1. The number of rotatable bonds is 5. The van der Waals surface area contributed by atoms with E-state index in [0.717, 1.165) is 30.3 Å². The Balaban J connectivity index is 1.66. The molecule has 0 bridgehead atoms. The van der Waals surface area contributed by atoms with E-state index in [1.54, 1.807) is 0 Å². The second-order valence-electron chi connectivity index (χ2n) is 11.7. The summed E-state index contributed by atoms with van der Waals surface area (Å²) in [6.07, 6.45) is -12.7. The number of nitrogens with zero attached hydrogens (tertiary/aromatic N) is 1. The van der Waals surface area contributed by atoms with Crippen molar-refractivity contribution in [3.8, 4) is 0 Å². The normalized spacial score (nSPS) is 25.9. The van der Waals surface area contributed by atoms with Gasteiger partial charge in [0.2, 0.25) is 5.91 Å². The summed E-state index contributed by atoms with van der Waals surface area (Å²) < 4.78 is 137. The van der Waals surface area contributed by atoms with Crippen LogP contribution in [0.25, 0.3) is 0 Å². The third-order valence-electron chi connectivity index (χ3n) is 9.44. The van der Waals surface area contributed by atoms with E-state index in [9.17, 15) is 53.8 Å². The predicted octanol–water partition coefficient (Wildman–Crippen LogP) is 6.98. The molecule has 0 radical (unpaired) electrons. The van der Waals surface area contributed by atoms with Crippen LogP contribution in [0.5, 0.6) is 0 Å². The van der Waals surface area contributed by atoms with E-state index in [-0.39, 0.29) is 67.5 Å². The van der Waals surface area contributed by atoms with Crippen molar-refractivity contribution in [2.75, 3.05) is 6.54 Å². The van der Waals surface area contributed by atoms with Crippen molar-refractivity contribution in [2.24, 2.45) is 11.8 Å². The fourth-order valence-electron chi connectivity index (χ4n) is 7.17. The van der Waals surface area contributed by atoms with Crippen LogP contribution in [0.4, 0.5) is 35.1 Å². The van der Waals surface area contributed by atoms with Gasteiger partial charge in [-0.05, 0) is 86.4 Å². The quantitative estimate of drug-likeness (QED) is 0.265. The average Bonchev–Trinajstić information content (AvgIpc) is 3.37. The number of hydrogen-bond acceptors (Lipinski definition) is 4. The maximum atomic E-state index is 15.2. The zero-order chi connectivity index (χ0) is 33.3. The van der Waals surface area contributed by atoms with Gasteiger partial charge in [-0.15, -0.1) is 0 Å². The number of alkyl halides is 7. The van der Waals surface area contributed by atoms with Gasteiger partial charge in [0.15, 0.2) is 9.84 Å². The molecule has 1 N–H and O–H groups in total. The van der Waals surface area contributed by atoms with E-state index >= 15 is 4.39 Å². The Kier molecular flexibility index (Phi) is 8.36. The number of aryl methyl sites for hydroxylation is 1. The number of sulfone groups is 1. The maximum Gasteiger partial charge on any atom is 0.435 e. The number of carboxylic acids is 1. The molecule has 2 fully saturated rings. The molecule has 0 aromatic heterocycles. The SMILES string of the molecule is O=C(O)C1CCC(C(=O)N2CC[C@@]3(S(=O)(=O)c4ccc(F)cc4)c4cc(Br)c(C(F)(C(F)(F)F)C(F)(F)F)cc4CC[C@@H]23)CC1. The highest BCUT2D eigenvalue weighted by atomic mass is 79.9. The van der Waals surface area contributed by atoms with Gasteiger partial charge in [-0.3, -0.25) is 9.59 Å². The monoisotopic (exact) mass is 731 g/mol. The van der Waals surface area contributed by atoms with Gasteiger partial charge in [-0.2, -0.15) is 26.3 Å². The lowest BCUT2D eigenvalue weighted by Crippen LogP contribution is -2.54. The summed E-state index contributed by atoms with van der Waals surface area (Å²) >= 11 is 2.66. The number of hydrogen-bond donors (Lipinski definition) is 1. The minimum Gasteiger partial charge on any atom is -0.481 e. The van der Waals surface area contributed by atoms with Gasteiger partial charge in [-0.1, -0.05) is 22.0 Å². The van der Waals surface area contributed by atoms with Crippen LogP contribution in [0.2, 0.25) is 0 Å². The molecule has 0 unspecified atom stereocenters. The Morgan fingerprint density at radius 2 is 1.44 bits per heavy atom. The van der Waals surface area contributed by atoms with Crippen molar-refractivity contribution < 1.29 is 58.2 Å². The molecule has 45 heavy (non-hydrogen) atoms. The van der Waals surface area contributed by atoms with Crippen LogP contribution in [-0.2, 0) is 36.3 Å². The van der Waals surface area contributed by atoms with Crippen molar-refractivity contribution in [1.29, 1.82) is 0 Å². The number of carboxylic acid groups (broad SMARTS) is 1. The first-order valence-corrected chi connectivity index (χ1v) is 16.2. The van der Waals surface area contributed by atoms with Crippen molar-refractivity contribution in [3.63, 3.8) is 0 Å². The van der Waals surface area contributed by atoms with Gasteiger partial charge in [0.1, 0.15) is 10.6 Å². The molecule has 1 amide bonds. The van der Waals surface area contributed by atoms with Crippen LogP contribution >= 0.6 is 15.9 Å². The van der Waals surface area contributed by atoms with Crippen molar-refractivity contribution >= 4 is 37.6 Å². The van der Waals surface area contributed by atoms with Crippen molar-refractivity contribution in [3.05, 3.63) is 63.4 Å². The topological polar surface area (TPSA) is 91.8 Å². The zero-order valence-corrected chi connectivity index (χ0v) is 25.6. The second kappa shape index (κ2) is 11.2. The highest BCUT2D eigenvalue weighted by Crippen LogP contribution is 2.58. The van der Waals surface area contributed by atoms with Crippen LogP contribution in [0.15, 0.2) is 45.8 Å². The highest BCUT2D eigenvalue weighted by Gasteiger charge is 2.74. The summed E-state index contributed by atoms with van der Waals surface area (Å²) in [5.74, 6) is -3.44. The van der Waals surface area contributed by atoms with E-state index in [4.69, 9.17) is 0 Å². The van der Waals surface area contributed by atoms with Gasteiger partial charge in [0, 0.05) is 22.5 Å². The number of likely N-dealkylation sites (tertiary alicyclic amines) is 1. The smallest absolute Gasteiger partial charge is 0.435 e. The van der Waals surface area contributed by atoms with Gasteiger partial charge < -0.3 is 10.0 Å². The Morgan fingerprint density at radius 1 is 0.889 bits per heavy atom. The molecular weight excluding hydrogens is 706 g/mol. The van der Waals surface area contributed by atoms with Gasteiger partial charge in [0.05, 0.1) is 16.9 Å². The zero-order valence-electron chi connectivity index (χ0n) is 23.2. The molecule has 1 saturated heterocycles. The van der Waals surface area contributed by atoms with Gasteiger partial charge >= 0.3 is 24.0 Å². The number of aliphatic carboxylic acids is 1. The van der Waals surface area contributed by atoms with Gasteiger partial charge in [0.25, 0.3) is 0 Å². The molecule has 3 aliphatic rings. The average molecular weight is 732 g/mol. The van der Waals surface area contributed by atoms with Crippen LogP contribution in [0.3, 0.4) is 0 Å². The summed E-state index contributed by atoms with van der Waals surface area (Å²) in [6, 6.07) is 3.74. The molecule has 246 valence electrons. The molecule has 2 aliphatic carbocycles. The molecule has 1 aliphatic heterocycles. The van der Waals surface area contributed by atoms with Crippen molar-refractivity contribution in [2.45, 2.75) is 78.7 Å². The third kappa shape index (κ3) is 5.13. The Labute approximate surface area is 260 Å². The van der Waals surface area contributed by atoms with Crippen LogP contribution < -0.4 is 0 Å². The van der Waals surface area contributed by atoms with Crippen molar-refractivity contribution in [1.82, 2.24) is 4.90 Å². The number of fused-ring (bicyclic) bond motifs is 3. The van der Waals surface area contributed by atoms with Crippen LogP contribution in [0, 0.1) is 17.7 Å². The molecular formula is C29H26BrF8NO5S. The van der Waals surface area contributed by atoms with Crippen LogP contribution in [0.1, 0.15) is 55.2 Å². The number of carbonyl (C=O) groups is 2. The largest absolute Gasteiger partial charge is 0.481 e. The number of halogens is 9. The minimum atomic E-state index is -6.41. The number of carbonyl (C=O) groups excluding carboxylic acids is 1. The summed E-state index contributed by atoms with van der Waals surface area (Å²) in [5.41, 5.74) is -8.01. The fraction of sp³-hybridized carbons (Fsp3) is 0.517. The van der Waals surface area contributed by atoms with E-state index in [2.05, 4.69) is 15.9 Å². The van der Waals surface area contributed by atoms with E-state index in [1.807, 2.05) is 0 Å². The molecule has 5 rings (SSSR count). The standard InChI is InChI=1S/C29H26BrF8NO5S/c30-22-14-20-17(13-21(22)27(32,28(33,34)35)29(36,37)38)5-10-23-26(20,45(43,44)19-8-6-18(31)7-9-19)11-12-39(23)24(40)15-1-3-16(4-2-15)25(41)42/h6-9,13-16,23H,1-5,10-12H2,(H,41,42)/t15?,16?,23-,26-/m1/s1. The molecule has 2 aromatic carbocycles. The predicted molar refractivity (Wildman–Crippen MR) is 146 cm³/mol. The molecule has 16 heteroatoms. The third-order valence-corrected chi connectivity index (χ3v) is 12.6. The molecule has 2 aromatic rings. The number of benzene rings is 2. The Bertz CT molecular complexity index is 1610. The molecule has 1 heterocycles. The van der Waals surface area contributed by atoms with E-state index in [1.165, 1.54) is 4.90 Å². The Morgan fingerprint density at radius 3 is 1.98 bits per heavy atom. The first kappa shape index (κ1) is 33.6. The Hall–Kier alpha value is -2.75. The summed E-state index contributed by atoms with van der Waals surface area (Å²) in [6.45, 7) is -0.139. The number of amides is 1. The molecule has 0 spiro atoms. The molecule has 2 atom stereocenters.